The minimum absolute atomic E-state index is 0.0518. The molecule has 2 unspecified atom stereocenters. The van der Waals surface area contributed by atoms with Crippen molar-refractivity contribution in [3.63, 3.8) is 0 Å². The number of carboxylic acids is 1. The molecule has 134 valence electrons. The molecule has 0 aromatic heterocycles. The van der Waals surface area contributed by atoms with E-state index in [0.717, 1.165) is 24.1 Å². The highest BCUT2D eigenvalue weighted by Gasteiger charge is 2.29. The highest BCUT2D eigenvalue weighted by molar-refractivity contribution is 5.88. The second-order valence-electron chi connectivity index (χ2n) is 7.30. The first-order valence-electron chi connectivity index (χ1n) is 8.96. The fraction of sp³-hybridized carbons (Fsp3) is 0.333. The topological polar surface area (TPSA) is 69.6 Å². The lowest BCUT2D eigenvalue weighted by molar-refractivity contribution is -0.122. The Hall–Kier alpha value is -2.82. The number of benzene rings is 2. The monoisotopic (exact) mass is 350 g/mol. The van der Waals surface area contributed by atoms with Gasteiger partial charge in [0.1, 0.15) is 0 Å². The molecular formula is C21H22N2O3. The first kappa shape index (κ1) is 16.6. The number of likely N-dealkylation sites (N-methyl/N-ethyl adjacent to an activating group) is 1. The molecule has 2 atom stereocenters. The SMILES string of the molecule is CN1CC(CC(=O)NC2Cc3ccc(C(=O)O)cc3C2)c2ccccc21. The highest BCUT2D eigenvalue weighted by Crippen LogP contribution is 2.36. The Morgan fingerprint density at radius 2 is 1.92 bits per heavy atom. The van der Waals surface area contributed by atoms with E-state index in [1.165, 1.54) is 11.3 Å². The average Bonchev–Trinajstić information content (AvgIpc) is 3.15. The molecule has 0 fully saturated rings. The van der Waals surface area contributed by atoms with Crippen LogP contribution in [-0.4, -0.2) is 36.6 Å². The van der Waals surface area contributed by atoms with Crippen molar-refractivity contribution in [2.24, 2.45) is 0 Å². The zero-order valence-electron chi connectivity index (χ0n) is 14.7. The van der Waals surface area contributed by atoms with Crippen LogP contribution in [0.3, 0.4) is 0 Å². The van der Waals surface area contributed by atoms with Crippen LogP contribution in [0.15, 0.2) is 42.5 Å². The van der Waals surface area contributed by atoms with E-state index in [2.05, 4.69) is 29.4 Å². The summed E-state index contributed by atoms with van der Waals surface area (Å²) in [5.41, 5.74) is 4.92. The molecule has 1 amide bonds. The number of nitrogens with zero attached hydrogens (tertiary/aromatic N) is 1. The molecule has 2 N–H and O–H groups in total. The van der Waals surface area contributed by atoms with Gasteiger partial charge >= 0.3 is 5.97 Å². The largest absolute Gasteiger partial charge is 0.478 e. The highest BCUT2D eigenvalue weighted by atomic mass is 16.4. The van der Waals surface area contributed by atoms with Gasteiger partial charge in [0.15, 0.2) is 0 Å². The molecular weight excluding hydrogens is 328 g/mol. The number of anilines is 1. The second kappa shape index (κ2) is 6.48. The Morgan fingerprint density at radius 1 is 1.15 bits per heavy atom. The number of hydrogen-bond donors (Lipinski definition) is 2. The van der Waals surface area contributed by atoms with Crippen molar-refractivity contribution >= 4 is 17.6 Å². The third-order valence-electron chi connectivity index (χ3n) is 5.46. The molecule has 1 aliphatic carbocycles. The van der Waals surface area contributed by atoms with Crippen LogP contribution in [0, 0.1) is 0 Å². The van der Waals surface area contributed by atoms with Crippen molar-refractivity contribution < 1.29 is 14.7 Å². The summed E-state index contributed by atoms with van der Waals surface area (Å²) in [6, 6.07) is 13.5. The number of amides is 1. The summed E-state index contributed by atoms with van der Waals surface area (Å²) >= 11 is 0. The van der Waals surface area contributed by atoms with E-state index in [9.17, 15) is 9.59 Å². The van der Waals surface area contributed by atoms with Crippen molar-refractivity contribution in [1.29, 1.82) is 0 Å². The number of aromatic carboxylic acids is 1. The first-order chi connectivity index (χ1) is 12.5. The molecule has 0 saturated heterocycles. The molecule has 5 nitrogen and oxygen atoms in total. The molecule has 0 spiro atoms. The van der Waals surface area contributed by atoms with Gasteiger partial charge in [0.25, 0.3) is 0 Å². The molecule has 4 rings (SSSR count). The third-order valence-corrected chi connectivity index (χ3v) is 5.46. The minimum Gasteiger partial charge on any atom is -0.478 e. The lowest BCUT2D eigenvalue weighted by atomic mass is 9.97. The molecule has 2 aromatic carbocycles. The van der Waals surface area contributed by atoms with E-state index >= 15 is 0 Å². The average molecular weight is 350 g/mol. The van der Waals surface area contributed by atoms with Crippen LogP contribution < -0.4 is 10.2 Å². The van der Waals surface area contributed by atoms with Gasteiger partial charge in [-0.1, -0.05) is 24.3 Å². The predicted molar refractivity (Wildman–Crippen MR) is 99.8 cm³/mol. The molecule has 0 radical (unpaired) electrons. The standard InChI is InChI=1S/C21H22N2O3/c1-23-12-16(18-4-2-3-5-19(18)23)11-20(24)22-17-9-13-6-7-14(21(25)26)8-15(13)10-17/h2-8,16-17H,9-12H2,1H3,(H,22,24)(H,25,26). The number of para-hydroxylation sites is 1. The zero-order chi connectivity index (χ0) is 18.3. The van der Waals surface area contributed by atoms with E-state index in [0.29, 0.717) is 18.4 Å². The van der Waals surface area contributed by atoms with Crippen LogP contribution in [0.5, 0.6) is 0 Å². The number of carbonyl (C=O) groups is 2. The summed E-state index contributed by atoms with van der Waals surface area (Å²) in [6.45, 7) is 0.861. The number of carbonyl (C=O) groups excluding carboxylic acids is 1. The Bertz CT molecular complexity index is 877. The maximum absolute atomic E-state index is 12.6. The van der Waals surface area contributed by atoms with Crippen LogP contribution in [0.4, 0.5) is 5.69 Å². The van der Waals surface area contributed by atoms with Crippen LogP contribution in [0.25, 0.3) is 0 Å². The predicted octanol–water partition coefficient (Wildman–Crippen LogP) is 2.59. The van der Waals surface area contributed by atoms with Gasteiger partial charge in [-0.3, -0.25) is 4.79 Å². The van der Waals surface area contributed by atoms with Gasteiger partial charge in [-0.25, -0.2) is 4.79 Å². The van der Waals surface area contributed by atoms with Gasteiger partial charge in [0.2, 0.25) is 5.91 Å². The molecule has 2 aromatic rings. The molecule has 26 heavy (non-hydrogen) atoms. The number of nitrogens with one attached hydrogen (secondary N) is 1. The Kier molecular flexibility index (Phi) is 4.15. The summed E-state index contributed by atoms with van der Waals surface area (Å²) < 4.78 is 0. The van der Waals surface area contributed by atoms with E-state index in [-0.39, 0.29) is 17.9 Å². The van der Waals surface area contributed by atoms with Gasteiger partial charge in [-0.15, -0.1) is 0 Å². The number of fused-ring (bicyclic) bond motifs is 2. The molecule has 0 saturated carbocycles. The van der Waals surface area contributed by atoms with Crippen LogP contribution in [-0.2, 0) is 17.6 Å². The van der Waals surface area contributed by atoms with Crippen molar-refractivity contribution in [2.45, 2.75) is 31.2 Å². The molecule has 1 aliphatic heterocycles. The maximum Gasteiger partial charge on any atom is 0.335 e. The Morgan fingerprint density at radius 3 is 2.73 bits per heavy atom. The van der Waals surface area contributed by atoms with Crippen LogP contribution in [0.1, 0.15) is 39.4 Å². The summed E-state index contributed by atoms with van der Waals surface area (Å²) in [5.74, 6) is -0.626. The Balaban J connectivity index is 1.39. The molecule has 1 heterocycles. The fourth-order valence-electron chi connectivity index (χ4n) is 4.25. The van der Waals surface area contributed by atoms with Gasteiger partial charge < -0.3 is 15.3 Å². The third kappa shape index (κ3) is 3.05. The van der Waals surface area contributed by atoms with Crippen molar-refractivity contribution in [1.82, 2.24) is 5.32 Å². The second-order valence-corrected chi connectivity index (χ2v) is 7.30. The first-order valence-corrected chi connectivity index (χ1v) is 8.96. The summed E-state index contributed by atoms with van der Waals surface area (Å²) in [4.78, 5) is 25.9. The number of hydrogen-bond acceptors (Lipinski definition) is 3. The fourth-order valence-corrected chi connectivity index (χ4v) is 4.25. The van der Waals surface area contributed by atoms with Gasteiger partial charge in [0.05, 0.1) is 5.56 Å². The van der Waals surface area contributed by atoms with Gasteiger partial charge in [0, 0.05) is 37.7 Å². The molecule has 5 heteroatoms. The molecule has 0 bridgehead atoms. The van der Waals surface area contributed by atoms with Crippen molar-refractivity contribution in [2.75, 3.05) is 18.5 Å². The zero-order valence-corrected chi connectivity index (χ0v) is 14.7. The van der Waals surface area contributed by atoms with E-state index < -0.39 is 5.97 Å². The lowest BCUT2D eigenvalue weighted by Gasteiger charge is -2.15. The number of rotatable bonds is 4. The van der Waals surface area contributed by atoms with Crippen LogP contribution in [0.2, 0.25) is 0 Å². The Labute approximate surface area is 152 Å². The van der Waals surface area contributed by atoms with Gasteiger partial charge in [-0.05, 0) is 47.7 Å². The minimum atomic E-state index is -0.913. The lowest BCUT2D eigenvalue weighted by Crippen LogP contribution is -2.36. The molecule has 2 aliphatic rings. The van der Waals surface area contributed by atoms with E-state index in [1.807, 2.05) is 18.2 Å². The van der Waals surface area contributed by atoms with E-state index in [1.54, 1.807) is 12.1 Å². The number of carboxylic acid groups (broad SMARTS) is 1. The quantitative estimate of drug-likeness (QED) is 0.889. The van der Waals surface area contributed by atoms with Gasteiger partial charge in [-0.2, -0.15) is 0 Å². The summed E-state index contributed by atoms with van der Waals surface area (Å²) in [5, 5.41) is 12.3. The smallest absolute Gasteiger partial charge is 0.335 e. The summed E-state index contributed by atoms with van der Waals surface area (Å²) in [7, 11) is 2.06. The van der Waals surface area contributed by atoms with Crippen LogP contribution >= 0.6 is 0 Å². The van der Waals surface area contributed by atoms with Crippen molar-refractivity contribution in [3.8, 4) is 0 Å². The summed E-state index contributed by atoms with van der Waals surface area (Å²) in [6.07, 6.45) is 1.94. The normalized spacial score (nSPS) is 20.6. The van der Waals surface area contributed by atoms with Crippen molar-refractivity contribution in [3.05, 3.63) is 64.7 Å². The van der Waals surface area contributed by atoms with E-state index in [4.69, 9.17) is 5.11 Å². The maximum atomic E-state index is 12.6.